The summed E-state index contributed by atoms with van der Waals surface area (Å²) in [4.78, 5) is 0. The number of hydrogen-bond donors (Lipinski definition) is 0. The van der Waals surface area contributed by atoms with Gasteiger partial charge in [0.2, 0.25) is 0 Å². The SMILES string of the molecule is Cc1c[c-]ccc1.Cc1c[c-]ccc1.[Cl][Pd+].[Cl][Pd+]. The number of hydrogen-bond acceptors (Lipinski definition) is 0. The van der Waals surface area contributed by atoms with E-state index in [-0.39, 0.29) is 0 Å². The Morgan fingerprint density at radius 1 is 0.778 bits per heavy atom. The molecule has 0 saturated carbocycles. The van der Waals surface area contributed by atoms with Gasteiger partial charge in [0.1, 0.15) is 0 Å². The fourth-order valence-corrected chi connectivity index (χ4v) is 0.966. The van der Waals surface area contributed by atoms with Gasteiger partial charge in [-0.15, -0.1) is 0 Å². The molecule has 0 aromatic heterocycles. The fraction of sp³-hybridized carbons (Fsp3) is 0.143. The predicted octanol–water partition coefficient (Wildman–Crippen LogP) is 4.96. The van der Waals surface area contributed by atoms with E-state index in [0.717, 1.165) is 0 Å². The van der Waals surface area contributed by atoms with Crippen molar-refractivity contribution in [2.75, 3.05) is 0 Å². The van der Waals surface area contributed by atoms with E-state index in [2.05, 4.69) is 93.5 Å². The average Bonchev–Trinajstić information content (AvgIpc) is 2.46. The minimum atomic E-state index is 1.27. The standard InChI is InChI=1S/2C7H7.2ClH.2Pd/c2*1-7-5-3-2-4-6-7;;;;/h2*2-3,5-6H,1H3;2*1H;;/q2*-1;;;2*+2/p-2. The molecule has 0 amide bonds. The van der Waals surface area contributed by atoms with Crippen molar-refractivity contribution in [3.63, 3.8) is 0 Å². The zero-order valence-electron chi connectivity index (χ0n) is 10.0. The van der Waals surface area contributed by atoms with E-state index in [9.17, 15) is 0 Å². The van der Waals surface area contributed by atoms with E-state index >= 15 is 0 Å². The topological polar surface area (TPSA) is 0 Å². The first-order valence-electron chi connectivity index (χ1n) is 4.88. The van der Waals surface area contributed by atoms with E-state index in [1.165, 1.54) is 11.1 Å². The minimum absolute atomic E-state index is 1.27. The summed E-state index contributed by atoms with van der Waals surface area (Å²) in [6.07, 6.45) is 0. The zero-order chi connectivity index (χ0) is 14.2. The Balaban J connectivity index is 0. The van der Waals surface area contributed by atoms with Gasteiger partial charge in [0.15, 0.2) is 0 Å². The average molecular weight is 466 g/mol. The van der Waals surface area contributed by atoms with Crippen LogP contribution in [0, 0.1) is 26.0 Å². The van der Waals surface area contributed by atoms with Gasteiger partial charge in [0.05, 0.1) is 0 Å². The van der Waals surface area contributed by atoms with Gasteiger partial charge in [0.25, 0.3) is 0 Å². The fourth-order valence-electron chi connectivity index (χ4n) is 0.966. The third kappa shape index (κ3) is 14.4. The van der Waals surface area contributed by atoms with E-state index < -0.39 is 0 Å². The third-order valence-corrected chi connectivity index (χ3v) is 1.73. The molecule has 0 heterocycles. The van der Waals surface area contributed by atoms with Crippen molar-refractivity contribution in [1.82, 2.24) is 0 Å². The van der Waals surface area contributed by atoms with Gasteiger partial charge < -0.3 is 0 Å². The molecule has 0 unspecified atom stereocenters. The summed E-state index contributed by atoms with van der Waals surface area (Å²) in [5.74, 6) is 0. The molecule has 0 aliphatic rings. The molecule has 2 aromatic rings. The maximum absolute atomic E-state index is 4.49. The summed E-state index contributed by atoms with van der Waals surface area (Å²) in [5.41, 5.74) is 2.53. The van der Waals surface area contributed by atoms with Crippen molar-refractivity contribution in [2.45, 2.75) is 13.8 Å². The first-order valence-corrected chi connectivity index (χ1v) is 8.89. The molecule has 0 spiro atoms. The number of aryl methyl sites for hydroxylation is 2. The Labute approximate surface area is 140 Å². The normalized spacial score (nSPS) is 7.56. The van der Waals surface area contributed by atoms with E-state index in [1.807, 2.05) is 36.4 Å². The molecular formula is C14H14Cl2Pd2. The van der Waals surface area contributed by atoms with Gasteiger partial charge in [-0.1, -0.05) is 13.8 Å². The van der Waals surface area contributed by atoms with Crippen LogP contribution in [0.2, 0.25) is 0 Å². The van der Waals surface area contributed by atoms with Gasteiger partial charge in [-0.2, -0.15) is 71.8 Å². The van der Waals surface area contributed by atoms with Crippen LogP contribution in [0.1, 0.15) is 11.1 Å². The molecule has 18 heavy (non-hydrogen) atoms. The molecule has 2 aromatic carbocycles. The van der Waals surface area contributed by atoms with Gasteiger partial charge in [-0.3, -0.25) is 0 Å². The summed E-state index contributed by atoms with van der Waals surface area (Å²) >= 11 is 4.44. The van der Waals surface area contributed by atoms with Crippen LogP contribution in [0.3, 0.4) is 0 Å². The number of benzene rings is 2. The van der Waals surface area contributed by atoms with Crippen LogP contribution >= 0.6 is 19.1 Å². The Bertz CT molecular complexity index is 315. The van der Waals surface area contributed by atoms with Crippen molar-refractivity contribution in [2.24, 2.45) is 0 Å². The van der Waals surface area contributed by atoms with Crippen molar-refractivity contribution in [3.05, 3.63) is 71.8 Å². The third-order valence-electron chi connectivity index (χ3n) is 1.73. The molecule has 0 fully saturated rings. The molecule has 0 N–H and O–H groups in total. The van der Waals surface area contributed by atoms with E-state index in [4.69, 9.17) is 0 Å². The monoisotopic (exact) mass is 464 g/mol. The summed E-state index contributed by atoms with van der Waals surface area (Å²) in [7, 11) is 8.98. The predicted molar refractivity (Wildman–Crippen MR) is 71.7 cm³/mol. The van der Waals surface area contributed by atoms with Crippen LogP contribution in [0.15, 0.2) is 48.5 Å². The van der Waals surface area contributed by atoms with Crippen LogP contribution in [-0.4, -0.2) is 0 Å². The van der Waals surface area contributed by atoms with Crippen molar-refractivity contribution in [3.8, 4) is 0 Å². The Morgan fingerprint density at radius 3 is 1.22 bits per heavy atom. The number of rotatable bonds is 0. The van der Waals surface area contributed by atoms with Gasteiger partial charge >= 0.3 is 55.4 Å². The second kappa shape index (κ2) is 17.3. The number of halogens is 2. The first-order chi connectivity index (χ1) is 8.79. The molecule has 104 valence electrons. The van der Waals surface area contributed by atoms with E-state index in [1.54, 1.807) is 0 Å². The molecule has 0 bridgehead atoms. The summed E-state index contributed by atoms with van der Waals surface area (Å²) in [6, 6.07) is 21.7. The van der Waals surface area contributed by atoms with Crippen molar-refractivity contribution < 1.29 is 36.4 Å². The van der Waals surface area contributed by atoms with Crippen molar-refractivity contribution in [1.29, 1.82) is 0 Å². The second-order valence-electron chi connectivity index (χ2n) is 3.16. The molecule has 0 nitrogen and oxygen atoms in total. The van der Waals surface area contributed by atoms with Gasteiger partial charge in [-0.05, 0) is 0 Å². The molecule has 2 rings (SSSR count). The Hall–Kier alpha value is 0.345. The van der Waals surface area contributed by atoms with Crippen LogP contribution in [-0.2, 0) is 36.4 Å². The van der Waals surface area contributed by atoms with Crippen LogP contribution < -0.4 is 0 Å². The Kier molecular flexibility index (Phi) is 19.9. The van der Waals surface area contributed by atoms with Crippen LogP contribution in [0.25, 0.3) is 0 Å². The summed E-state index contributed by atoms with van der Waals surface area (Å²) in [6.45, 7) is 4.10. The molecule has 4 heteroatoms. The second-order valence-corrected chi connectivity index (χ2v) is 3.16. The molecule has 0 atom stereocenters. The molecular weight excluding hydrogens is 452 g/mol. The summed E-state index contributed by atoms with van der Waals surface area (Å²) < 4.78 is 0. The van der Waals surface area contributed by atoms with E-state index in [0.29, 0.717) is 0 Å². The maximum atomic E-state index is 4.49. The zero-order valence-corrected chi connectivity index (χ0v) is 14.6. The van der Waals surface area contributed by atoms with Gasteiger partial charge in [-0.25, -0.2) is 0 Å². The molecule has 0 aliphatic carbocycles. The molecule has 0 saturated heterocycles. The molecule has 0 radical (unpaired) electrons. The van der Waals surface area contributed by atoms with Crippen LogP contribution in [0.5, 0.6) is 0 Å². The molecule has 0 aliphatic heterocycles. The summed E-state index contributed by atoms with van der Waals surface area (Å²) in [5, 5.41) is 0. The first kappa shape index (κ1) is 20.7. The van der Waals surface area contributed by atoms with Crippen LogP contribution in [0.4, 0.5) is 0 Å². The van der Waals surface area contributed by atoms with Gasteiger partial charge in [0, 0.05) is 0 Å². The Morgan fingerprint density at radius 2 is 1.11 bits per heavy atom. The quantitative estimate of drug-likeness (QED) is 0.381. The van der Waals surface area contributed by atoms with Crippen molar-refractivity contribution >= 4 is 19.1 Å².